The molecule has 1 aromatic rings. The number of rotatable bonds is 8. The minimum absolute atomic E-state index is 0.0212. The van der Waals surface area contributed by atoms with E-state index in [4.69, 9.17) is 4.74 Å². The highest BCUT2D eigenvalue weighted by Gasteiger charge is 2.09. The number of amides is 2. The molecule has 116 valence electrons. The van der Waals surface area contributed by atoms with Gasteiger partial charge in [-0.1, -0.05) is 34.1 Å². The van der Waals surface area contributed by atoms with Gasteiger partial charge in [-0.15, -0.1) is 0 Å². The first-order valence-electron chi connectivity index (χ1n) is 6.79. The molecule has 2 amide bonds. The average Bonchev–Trinajstić information content (AvgIpc) is 2.44. The summed E-state index contributed by atoms with van der Waals surface area (Å²) >= 11 is 3.42. The molecular formula is C15H21BrN2O3. The smallest absolute Gasteiger partial charge is 0.224 e. The molecule has 0 aromatic heterocycles. The number of carbonyl (C=O) groups excluding carboxylic acids is 2. The van der Waals surface area contributed by atoms with Crippen molar-refractivity contribution >= 4 is 27.7 Å². The van der Waals surface area contributed by atoms with Crippen molar-refractivity contribution in [3.05, 3.63) is 34.3 Å². The van der Waals surface area contributed by atoms with Crippen LogP contribution in [0.4, 0.5) is 0 Å². The molecule has 1 rings (SSSR count). The van der Waals surface area contributed by atoms with Gasteiger partial charge in [0.15, 0.2) is 0 Å². The largest absolute Gasteiger partial charge is 0.383 e. The van der Waals surface area contributed by atoms with Gasteiger partial charge in [0.2, 0.25) is 11.8 Å². The quantitative estimate of drug-likeness (QED) is 0.769. The molecule has 0 aliphatic carbocycles. The molecule has 1 N–H and O–H groups in total. The van der Waals surface area contributed by atoms with E-state index in [-0.39, 0.29) is 11.8 Å². The number of hydrogen-bond acceptors (Lipinski definition) is 3. The zero-order valence-electron chi connectivity index (χ0n) is 12.4. The van der Waals surface area contributed by atoms with Gasteiger partial charge in [-0.3, -0.25) is 9.59 Å². The van der Waals surface area contributed by atoms with E-state index in [1.165, 1.54) is 6.92 Å². The molecule has 1 aromatic carbocycles. The van der Waals surface area contributed by atoms with E-state index in [0.29, 0.717) is 32.7 Å². The van der Waals surface area contributed by atoms with Gasteiger partial charge in [0, 0.05) is 38.1 Å². The molecule has 0 radical (unpaired) electrons. The summed E-state index contributed by atoms with van der Waals surface area (Å²) in [5.41, 5.74) is 0.942. The highest BCUT2D eigenvalue weighted by molar-refractivity contribution is 9.10. The van der Waals surface area contributed by atoms with Crippen LogP contribution in [0.25, 0.3) is 0 Å². The van der Waals surface area contributed by atoms with E-state index >= 15 is 0 Å². The lowest BCUT2D eigenvalue weighted by Gasteiger charge is -2.20. The maximum absolute atomic E-state index is 11.9. The average molecular weight is 357 g/mol. The molecule has 6 heteroatoms. The Labute approximate surface area is 133 Å². The monoisotopic (exact) mass is 356 g/mol. The predicted octanol–water partition coefficient (Wildman–Crippen LogP) is 1.60. The van der Waals surface area contributed by atoms with E-state index in [1.54, 1.807) is 12.0 Å². The maximum Gasteiger partial charge on any atom is 0.224 e. The van der Waals surface area contributed by atoms with Crippen molar-refractivity contribution in [3.8, 4) is 0 Å². The standard InChI is InChI=1S/C15H21BrN2O3/c1-12(19)18(9-10-21-2)8-7-17-15(20)11-13-5-3-4-6-14(13)16/h3-6H,7-11H2,1-2H3,(H,17,20). The van der Waals surface area contributed by atoms with Crippen LogP contribution in [0.15, 0.2) is 28.7 Å². The van der Waals surface area contributed by atoms with Gasteiger partial charge in [-0.2, -0.15) is 0 Å². The van der Waals surface area contributed by atoms with Crippen molar-refractivity contribution in [1.29, 1.82) is 0 Å². The van der Waals surface area contributed by atoms with Crippen molar-refractivity contribution in [2.24, 2.45) is 0 Å². The van der Waals surface area contributed by atoms with Crippen molar-refractivity contribution in [1.82, 2.24) is 10.2 Å². The summed E-state index contributed by atoms with van der Waals surface area (Å²) in [6.45, 7) is 3.46. The second-order valence-electron chi connectivity index (χ2n) is 4.62. The molecule has 0 unspecified atom stereocenters. The Hall–Kier alpha value is -1.40. The minimum Gasteiger partial charge on any atom is -0.383 e. The topological polar surface area (TPSA) is 58.6 Å². The first-order chi connectivity index (χ1) is 10.0. The van der Waals surface area contributed by atoms with E-state index < -0.39 is 0 Å². The Morgan fingerprint density at radius 1 is 1.29 bits per heavy atom. The minimum atomic E-state index is -0.0582. The van der Waals surface area contributed by atoms with Crippen LogP contribution >= 0.6 is 15.9 Å². The third kappa shape index (κ3) is 6.73. The zero-order chi connectivity index (χ0) is 15.7. The Morgan fingerprint density at radius 2 is 2.00 bits per heavy atom. The fraction of sp³-hybridized carbons (Fsp3) is 0.467. The number of hydrogen-bond donors (Lipinski definition) is 1. The predicted molar refractivity (Wildman–Crippen MR) is 85.0 cm³/mol. The Balaban J connectivity index is 2.35. The molecule has 0 heterocycles. The summed E-state index contributed by atoms with van der Waals surface area (Å²) in [7, 11) is 1.60. The number of benzene rings is 1. The Kier molecular flexibility index (Phi) is 8.00. The normalized spacial score (nSPS) is 10.2. The molecule has 0 fully saturated rings. The van der Waals surface area contributed by atoms with E-state index in [9.17, 15) is 9.59 Å². The fourth-order valence-corrected chi connectivity index (χ4v) is 2.26. The van der Waals surface area contributed by atoms with Crippen molar-refractivity contribution in [3.63, 3.8) is 0 Å². The second-order valence-corrected chi connectivity index (χ2v) is 5.47. The maximum atomic E-state index is 11.9. The summed E-state index contributed by atoms with van der Waals surface area (Å²) in [6, 6.07) is 7.62. The van der Waals surface area contributed by atoms with Crippen LogP contribution in [0.5, 0.6) is 0 Å². The van der Waals surface area contributed by atoms with Crippen molar-refractivity contribution < 1.29 is 14.3 Å². The van der Waals surface area contributed by atoms with Crippen LogP contribution in [-0.4, -0.2) is 50.1 Å². The van der Waals surface area contributed by atoms with Gasteiger partial charge in [-0.05, 0) is 11.6 Å². The number of nitrogens with one attached hydrogen (secondary N) is 1. The van der Waals surface area contributed by atoms with Crippen LogP contribution in [0.2, 0.25) is 0 Å². The number of halogens is 1. The number of methoxy groups -OCH3 is 1. The van der Waals surface area contributed by atoms with E-state index in [0.717, 1.165) is 10.0 Å². The van der Waals surface area contributed by atoms with Gasteiger partial charge in [0.1, 0.15) is 0 Å². The number of ether oxygens (including phenoxy) is 1. The third-order valence-corrected chi connectivity index (χ3v) is 3.80. The van der Waals surface area contributed by atoms with Gasteiger partial charge >= 0.3 is 0 Å². The van der Waals surface area contributed by atoms with E-state index in [2.05, 4.69) is 21.2 Å². The van der Waals surface area contributed by atoms with Crippen LogP contribution in [-0.2, 0) is 20.7 Å². The summed E-state index contributed by atoms with van der Waals surface area (Å²) in [5, 5.41) is 2.83. The van der Waals surface area contributed by atoms with E-state index in [1.807, 2.05) is 24.3 Å². The number of carbonyl (C=O) groups is 2. The number of nitrogens with zero attached hydrogens (tertiary/aromatic N) is 1. The van der Waals surface area contributed by atoms with Crippen LogP contribution < -0.4 is 5.32 Å². The van der Waals surface area contributed by atoms with Gasteiger partial charge in [-0.25, -0.2) is 0 Å². The molecule has 5 nitrogen and oxygen atoms in total. The highest BCUT2D eigenvalue weighted by atomic mass is 79.9. The van der Waals surface area contributed by atoms with Crippen LogP contribution in [0.3, 0.4) is 0 Å². The summed E-state index contributed by atoms with van der Waals surface area (Å²) in [4.78, 5) is 24.9. The first kappa shape index (κ1) is 17.7. The lowest BCUT2D eigenvalue weighted by atomic mass is 10.1. The molecule has 0 aliphatic heterocycles. The van der Waals surface area contributed by atoms with Gasteiger partial charge < -0.3 is 15.0 Å². The van der Waals surface area contributed by atoms with Crippen molar-refractivity contribution in [2.45, 2.75) is 13.3 Å². The highest BCUT2D eigenvalue weighted by Crippen LogP contribution is 2.15. The molecule has 0 spiro atoms. The summed E-state index contributed by atoms with van der Waals surface area (Å²) in [5.74, 6) is -0.0794. The fourth-order valence-electron chi connectivity index (χ4n) is 1.84. The van der Waals surface area contributed by atoms with Gasteiger partial charge in [0.25, 0.3) is 0 Å². The lowest BCUT2D eigenvalue weighted by Crippen LogP contribution is -2.39. The molecule has 0 aliphatic rings. The molecule has 0 saturated carbocycles. The lowest BCUT2D eigenvalue weighted by molar-refractivity contribution is -0.130. The summed E-state index contributed by atoms with van der Waals surface area (Å²) < 4.78 is 5.88. The Bertz CT molecular complexity index is 480. The Morgan fingerprint density at radius 3 is 2.62 bits per heavy atom. The first-order valence-corrected chi connectivity index (χ1v) is 7.58. The third-order valence-electron chi connectivity index (χ3n) is 3.02. The molecule has 21 heavy (non-hydrogen) atoms. The van der Waals surface area contributed by atoms with Gasteiger partial charge in [0.05, 0.1) is 13.0 Å². The zero-order valence-corrected chi connectivity index (χ0v) is 14.0. The van der Waals surface area contributed by atoms with Crippen molar-refractivity contribution in [2.75, 3.05) is 33.4 Å². The molecule has 0 atom stereocenters. The van der Waals surface area contributed by atoms with Crippen LogP contribution in [0.1, 0.15) is 12.5 Å². The van der Waals surface area contributed by atoms with Crippen LogP contribution in [0, 0.1) is 0 Å². The SMILES string of the molecule is COCCN(CCNC(=O)Cc1ccccc1Br)C(C)=O. The molecular weight excluding hydrogens is 336 g/mol. The second kappa shape index (κ2) is 9.52. The molecule has 0 saturated heterocycles. The summed E-state index contributed by atoms with van der Waals surface area (Å²) in [6.07, 6.45) is 0.319. The molecule has 0 bridgehead atoms.